The molecule has 0 bridgehead atoms. The van der Waals surface area contributed by atoms with Crippen LogP contribution in [0.4, 0.5) is 34.1 Å². The summed E-state index contributed by atoms with van der Waals surface area (Å²) in [5.41, 5.74) is 29.2. The molecule has 0 fully saturated rings. The molecular weight excluding hydrogens is 901 g/mol. The number of aromatic nitrogens is 1. The van der Waals surface area contributed by atoms with Gasteiger partial charge in [-0.1, -0.05) is 157 Å². The van der Waals surface area contributed by atoms with Crippen molar-refractivity contribution in [3.63, 3.8) is 0 Å². The average molecular weight is 951 g/mol. The molecule has 11 aromatic carbocycles. The van der Waals surface area contributed by atoms with E-state index < -0.39 is 5.41 Å². The third kappa shape index (κ3) is 6.68. The highest BCUT2D eigenvalue weighted by Gasteiger charge is 2.52. The smallest absolute Gasteiger partial charge is 0.139 e. The molecule has 14 rings (SSSR count). The van der Waals surface area contributed by atoms with E-state index in [1.807, 2.05) is 0 Å². The molecule has 75 heavy (non-hydrogen) atoms. The zero-order valence-electron chi connectivity index (χ0n) is 42.9. The Bertz CT molecular complexity index is 4170. The Kier molecular flexibility index (Phi) is 10.4. The van der Waals surface area contributed by atoms with E-state index in [0.717, 1.165) is 39.8 Å². The normalized spacial score (nSPS) is 13.9. The van der Waals surface area contributed by atoms with Gasteiger partial charge in [-0.2, -0.15) is 0 Å². The summed E-state index contributed by atoms with van der Waals surface area (Å²) in [6.07, 6.45) is 0. The summed E-state index contributed by atoms with van der Waals surface area (Å²) >= 11 is 0. The SMILES string of the molecule is Bc1c(B)c(B)c(-c2ccc(N(c3ccc4c(c3)C3(c5ccccc5-c5ccc(N(c6ccccc6)c6ccccc6)cc53)c3ccccc3-4)c3ccc4c(c3)c3ccccc3n4-c3ccccc3)cc2)c(B)c1B. The summed E-state index contributed by atoms with van der Waals surface area (Å²) in [7, 11) is 11.4. The summed E-state index contributed by atoms with van der Waals surface area (Å²) in [6, 6.07) is 90.3. The third-order valence-electron chi connectivity index (χ3n) is 16.9. The molecule has 1 aromatic heterocycles. The van der Waals surface area contributed by atoms with Gasteiger partial charge in [0, 0.05) is 50.6 Å². The van der Waals surface area contributed by atoms with Gasteiger partial charge in [0.2, 0.25) is 0 Å². The van der Waals surface area contributed by atoms with Crippen LogP contribution in [0.2, 0.25) is 0 Å². The van der Waals surface area contributed by atoms with Crippen molar-refractivity contribution in [1.29, 1.82) is 0 Å². The molecule has 1 heterocycles. The molecule has 2 aliphatic carbocycles. The van der Waals surface area contributed by atoms with E-state index in [-0.39, 0.29) is 0 Å². The lowest BCUT2D eigenvalue weighted by atomic mass is 9.60. The van der Waals surface area contributed by atoms with Crippen molar-refractivity contribution in [3.8, 4) is 39.1 Å². The van der Waals surface area contributed by atoms with Gasteiger partial charge in [0.1, 0.15) is 39.2 Å². The lowest BCUT2D eigenvalue weighted by Gasteiger charge is -2.33. The van der Waals surface area contributed by atoms with E-state index >= 15 is 0 Å². The minimum atomic E-state index is -0.596. The number of para-hydroxylation sites is 4. The fourth-order valence-electron chi connectivity index (χ4n) is 13.1. The van der Waals surface area contributed by atoms with E-state index in [1.165, 1.54) is 105 Å². The van der Waals surface area contributed by atoms with E-state index in [0.29, 0.717) is 0 Å². The number of rotatable bonds is 8. The molecule has 0 aliphatic heterocycles. The fraction of sp³-hybridized carbons (Fsp3) is 0.0149. The first-order chi connectivity index (χ1) is 36.8. The Morgan fingerprint density at radius 1 is 0.293 bits per heavy atom. The van der Waals surface area contributed by atoms with E-state index in [4.69, 9.17) is 0 Å². The standard InChI is InChI=1S/C67H50B5N3/c68-62-61(63(69)65(71)66(72)64(62)70)41-28-30-45(31-29-41)74(46-34-37-60-54(38-46)53-24-12-15-27-59(53)75(60)44-20-8-3-9-21-44)48-33-36-52-50-23-11-14-26-56(50)67(58(52)40-48)55-25-13-10-22-49(55)51-35-32-47(39-57(51)67)73(42-16-4-1-5-17-42)43-18-6-2-7-19-43/h1-40H,68-72H2. The minimum absolute atomic E-state index is 0.596. The fourth-order valence-corrected chi connectivity index (χ4v) is 13.1. The number of hydrogen-bond donors (Lipinski definition) is 0. The summed E-state index contributed by atoms with van der Waals surface area (Å²) in [5.74, 6) is 0. The Balaban J connectivity index is 1.01. The van der Waals surface area contributed by atoms with Gasteiger partial charge in [-0.25, -0.2) is 0 Å². The van der Waals surface area contributed by atoms with Gasteiger partial charge in [-0.05, 0) is 153 Å². The van der Waals surface area contributed by atoms with E-state index in [9.17, 15) is 0 Å². The van der Waals surface area contributed by atoms with Crippen LogP contribution in [0, 0.1) is 0 Å². The zero-order chi connectivity index (χ0) is 50.5. The molecule has 0 amide bonds. The van der Waals surface area contributed by atoms with Crippen molar-refractivity contribution >= 4 is 122 Å². The number of nitrogens with zero attached hydrogens (tertiary/aromatic N) is 3. The second kappa shape index (κ2) is 17.4. The Morgan fingerprint density at radius 2 is 0.693 bits per heavy atom. The topological polar surface area (TPSA) is 11.4 Å². The zero-order valence-corrected chi connectivity index (χ0v) is 42.9. The molecule has 2 aliphatic rings. The van der Waals surface area contributed by atoms with Gasteiger partial charge in [-0.15, -0.1) is 16.4 Å². The van der Waals surface area contributed by atoms with Crippen LogP contribution in [0.25, 0.3) is 60.9 Å². The quantitative estimate of drug-likeness (QED) is 0.141. The molecule has 1 atom stereocenters. The molecule has 1 spiro atoms. The predicted molar refractivity (Wildman–Crippen MR) is 333 cm³/mol. The molecule has 1 unspecified atom stereocenters. The molecule has 0 N–H and O–H groups in total. The summed E-state index contributed by atoms with van der Waals surface area (Å²) < 4.78 is 2.40. The van der Waals surface area contributed by atoms with Gasteiger partial charge >= 0.3 is 0 Å². The summed E-state index contributed by atoms with van der Waals surface area (Å²) in [4.78, 5) is 4.89. The number of benzene rings is 11. The maximum atomic E-state index is 2.52. The van der Waals surface area contributed by atoms with Crippen LogP contribution in [0.15, 0.2) is 243 Å². The summed E-state index contributed by atoms with van der Waals surface area (Å²) in [5, 5.41) is 2.44. The first-order valence-corrected chi connectivity index (χ1v) is 26.3. The number of fused-ring (bicyclic) bond motifs is 13. The van der Waals surface area contributed by atoms with Crippen molar-refractivity contribution in [2.75, 3.05) is 9.80 Å². The number of hydrogen-bond acceptors (Lipinski definition) is 2. The average Bonchev–Trinajstić information content (AvgIpc) is 4.13. The lowest BCUT2D eigenvalue weighted by molar-refractivity contribution is 0.793. The highest BCUT2D eigenvalue weighted by atomic mass is 15.1. The molecule has 0 saturated heterocycles. The second-order valence-electron chi connectivity index (χ2n) is 20.6. The van der Waals surface area contributed by atoms with Gasteiger partial charge in [0.15, 0.2) is 0 Å². The molecule has 3 nitrogen and oxygen atoms in total. The molecular formula is C67H50B5N3. The molecule has 0 saturated carbocycles. The Labute approximate surface area is 443 Å². The van der Waals surface area contributed by atoms with E-state index in [2.05, 4.69) is 296 Å². The summed E-state index contributed by atoms with van der Waals surface area (Å²) in [6.45, 7) is 0. The first kappa shape index (κ1) is 44.8. The van der Waals surface area contributed by atoms with Gasteiger partial charge in [0.05, 0.1) is 16.4 Å². The first-order valence-electron chi connectivity index (χ1n) is 26.3. The van der Waals surface area contributed by atoms with Crippen LogP contribution in [0.5, 0.6) is 0 Å². The minimum Gasteiger partial charge on any atom is -0.310 e. The van der Waals surface area contributed by atoms with Crippen molar-refractivity contribution in [2.45, 2.75) is 5.41 Å². The highest BCUT2D eigenvalue weighted by molar-refractivity contribution is 6.68. The monoisotopic (exact) mass is 951 g/mol. The predicted octanol–water partition coefficient (Wildman–Crippen LogP) is 9.03. The molecule has 0 radical (unpaired) electrons. The van der Waals surface area contributed by atoms with Gasteiger partial charge in [0.25, 0.3) is 0 Å². The molecule has 12 aromatic rings. The van der Waals surface area contributed by atoms with Crippen molar-refractivity contribution < 1.29 is 0 Å². The maximum Gasteiger partial charge on any atom is 0.139 e. The van der Waals surface area contributed by atoms with Crippen molar-refractivity contribution in [3.05, 3.63) is 265 Å². The van der Waals surface area contributed by atoms with E-state index in [1.54, 1.807) is 0 Å². The van der Waals surface area contributed by atoms with Crippen molar-refractivity contribution in [2.24, 2.45) is 0 Å². The van der Waals surface area contributed by atoms with Crippen molar-refractivity contribution in [1.82, 2.24) is 4.57 Å². The lowest BCUT2D eigenvalue weighted by Crippen LogP contribution is -2.55. The van der Waals surface area contributed by atoms with Crippen LogP contribution in [-0.4, -0.2) is 43.8 Å². The molecule has 8 heteroatoms. The van der Waals surface area contributed by atoms with Crippen LogP contribution in [0.3, 0.4) is 0 Å². The maximum absolute atomic E-state index is 2.52. The second-order valence-corrected chi connectivity index (χ2v) is 20.6. The van der Waals surface area contributed by atoms with Crippen LogP contribution in [-0.2, 0) is 5.41 Å². The van der Waals surface area contributed by atoms with Crippen LogP contribution in [0.1, 0.15) is 22.3 Å². The highest BCUT2D eigenvalue weighted by Crippen LogP contribution is 2.64. The third-order valence-corrected chi connectivity index (χ3v) is 16.9. The number of anilines is 6. The van der Waals surface area contributed by atoms with Crippen LogP contribution >= 0.6 is 0 Å². The van der Waals surface area contributed by atoms with Crippen LogP contribution < -0.4 is 37.1 Å². The van der Waals surface area contributed by atoms with Gasteiger partial charge < -0.3 is 14.4 Å². The largest absolute Gasteiger partial charge is 0.310 e. The Hall–Kier alpha value is -8.86. The molecule has 348 valence electrons. The van der Waals surface area contributed by atoms with Gasteiger partial charge in [-0.3, -0.25) is 0 Å². The Morgan fingerprint density at radius 3 is 1.27 bits per heavy atom.